The van der Waals surface area contributed by atoms with Crippen molar-refractivity contribution in [2.45, 2.75) is 31.3 Å². The molecule has 1 rings (SSSR count). The maximum atomic E-state index is 11.4. The number of nitrogens with zero attached hydrogens (tertiary/aromatic N) is 1. The molecule has 0 N–H and O–H groups in total. The average molecular weight is 282 g/mol. The third kappa shape index (κ3) is 4.13. The van der Waals surface area contributed by atoms with Crippen molar-refractivity contribution in [1.82, 2.24) is 4.31 Å². The van der Waals surface area contributed by atoms with Crippen LogP contribution >= 0.6 is 23.5 Å². The van der Waals surface area contributed by atoms with Crippen molar-refractivity contribution in [1.29, 1.82) is 0 Å². The van der Waals surface area contributed by atoms with E-state index in [4.69, 9.17) is 21.1 Å². The van der Waals surface area contributed by atoms with Crippen LogP contribution in [-0.4, -0.2) is 46.8 Å². The van der Waals surface area contributed by atoms with Crippen LogP contribution in [0.5, 0.6) is 0 Å². The Kier molecular flexibility index (Phi) is 6.26. The molecule has 0 radical (unpaired) electrons. The van der Waals surface area contributed by atoms with Gasteiger partial charge in [0.25, 0.3) is 5.78 Å². The smallest absolute Gasteiger partial charge is 0.302 e. The summed E-state index contributed by atoms with van der Waals surface area (Å²) in [5.74, 6) is -1.09. The van der Waals surface area contributed by atoms with Crippen LogP contribution in [0.1, 0.15) is 20.3 Å². The van der Waals surface area contributed by atoms with Crippen LogP contribution in [0.4, 0.5) is 0 Å². The quantitative estimate of drug-likeness (QED) is 0.306. The fourth-order valence-corrected chi connectivity index (χ4v) is 2.59. The maximum Gasteiger partial charge on any atom is 0.302 e. The largest absolute Gasteiger partial charge is 0.353 e. The number of ketones is 1. The first-order valence-corrected chi connectivity index (χ1v) is 6.77. The van der Waals surface area contributed by atoms with E-state index in [9.17, 15) is 9.59 Å². The predicted octanol–water partition coefficient (Wildman–Crippen LogP) is 1.40. The highest BCUT2D eigenvalue weighted by atomic mass is 35.5. The molecule has 0 saturated carbocycles. The summed E-state index contributed by atoms with van der Waals surface area (Å²) < 4.78 is 11.3. The summed E-state index contributed by atoms with van der Waals surface area (Å²) in [4.78, 5) is 22.6. The number of Topliss-reactive ketones (excluding diaryl/α,β-unsaturated/α-hetero) is 1. The van der Waals surface area contributed by atoms with Gasteiger partial charge in [-0.3, -0.25) is 13.9 Å². The fraction of sp³-hybridized carbons (Fsp3) is 0.800. The molecule has 0 aliphatic carbocycles. The highest BCUT2D eigenvalue weighted by Gasteiger charge is 2.38. The molecule has 1 unspecified atom stereocenters. The average Bonchev–Trinajstić information content (AvgIpc) is 2.54. The highest BCUT2D eigenvalue weighted by Crippen LogP contribution is 2.29. The van der Waals surface area contributed by atoms with Crippen molar-refractivity contribution in [2.24, 2.45) is 0 Å². The highest BCUT2D eigenvalue weighted by molar-refractivity contribution is 8.01. The van der Waals surface area contributed by atoms with Gasteiger partial charge >= 0.3 is 5.91 Å². The lowest BCUT2D eigenvalue weighted by molar-refractivity contribution is -0.145. The number of ether oxygens (including phenoxy) is 2. The van der Waals surface area contributed by atoms with E-state index in [1.54, 1.807) is 0 Å². The third-order valence-corrected chi connectivity index (χ3v) is 3.58. The van der Waals surface area contributed by atoms with E-state index in [0.29, 0.717) is 26.2 Å². The van der Waals surface area contributed by atoms with Crippen LogP contribution < -0.4 is 0 Å². The first kappa shape index (κ1) is 14.8. The molecule has 7 heteroatoms. The second kappa shape index (κ2) is 7.20. The van der Waals surface area contributed by atoms with Crippen molar-refractivity contribution in [2.75, 3.05) is 19.8 Å². The second-order valence-corrected chi connectivity index (χ2v) is 5.14. The zero-order valence-electron chi connectivity index (χ0n) is 9.85. The monoisotopic (exact) mass is 281 g/mol. The van der Waals surface area contributed by atoms with Gasteiger partial charge in [0.1, 0.15) is 0 Å². The summed E-state index contributed by atoms with van der Waals surface area (Å²) in [5.41, 5.74) is 0. The maximum absolute atomic E-state index is 11.4. The molecule has 0 aromatic carbocycles. The Labute approximate surface area is 110 Å². The van der Waals surface area contributed by atoms with E-state index in [2.05, 4.69) is 0 Å². The number of halogens is 1. The predicted molar refractivity (Wildman–Crippen MR) is 65.6 cm³/mol. The normalized spacial score (nSPS) is 20.7. The Bertz CT molecular complexity index is 283. The molecule has 0 spiro atoms. The van der Waals surface area contributed by atoms with E-state index in [-0.39, 0.29) is 6.29 Å². The Morgan fingerprint density at radius 2 is 1.94 bits per heavy atom. The molecular formula is C10H16ClNO4S. The van der Waals surface area contributed by atoms with Crippen LogP contribution in [0.2, 0.25) is 0 Å². The number of carbonyl (C=O) groups is 2. The van der Waals surface area contributed by atoms with Crippen molar-refractivity contribution >= 4 is 35.2 Å². The van der Waals surface area contributed by atoms with Gasteiger partial charge in [0.15, 0.2) is 11.0 Å². The lowest BCUT2D eigenvalue weighted by atomic mass is 10.3. The van der Waals surface area contributed by atoms with Crippen molar-refractivity contribution < 1.29 is 19.1 Å². The standard InChI is InChI=1S/C10H16ClNO4S/c1-3-15-7(16-4-2)5-6-12-10(14)8(13)9(11)17-12/h7,9H,3-6H2,1-2H3. The van der Waals surface area contributed by atoms with Gasteiger partial charge in [0.05, 0.1) is 0 Å². The lowest BCUT2D eigenvalue weighted by Gasteiger charge is -2.19. The number of hydrogen-bond acceptors (Lipinski definition) is 5. The summed E-state index contributed by atoms with van der Waals surface area (Å²) in [6, 6.07) is 0. The molecule has 0 bridgehead atoms. The molecule has 1 atom stereocenters. The van der Waals surface area contributed by atoms with E-state index in [1.165, 1.54) is 4.31 Å². The fourth-order valence-electron chi connectivity index (χ4n) is 1.39. The minimum Gasteiger partial charge on any atom is -0.353 e. The second-order valence-electron chi connectivity index (χ2n) is 3.32. The number of alkyl halides is 1. The van der Waals surface area contributed by atoms with E-state index < -0.39 is 16.4 Å². The Morgan fingerprint density at radius 3 is 2.35 bits per heavy atom. The van der Waals surface area contributed by atoms with Crippen molar-refractivity contribution in [3.05, 3.63) is 0 Å². The van der Waals surface area contributed by atoms with Crippen LogP contribution in [0.3, 0.4) is 0 Å². The number of rotatable bonds is 7. The van der Waals surface area contributed by atoms with Crippen LogP contribution in [0, 0.1) is 0 Å². The molecule has 1 aliphatic heterocycles. The minimum atomic E-state index is -0.792. The Balaban J connectivity index is 2.39. The minimum absolute atomic E-state index is 0.345. The van der Waals surface area contributed by atoms with Crippen LogP contribution in [-0.2, 0) is 19.1 Å². The summed E-state index contributed by atoms with van der Waals surface area (Å²) in [6.07, 6.45) is 0.181. The zero-order valence-corrected chi connectivity index (χ0v) is 11.4. The van der Waals surface area contributed by atoms with Gasteiger partial charge in [-0.05, 0) is 25.8 Å². The molecule has 1 fully saturated rings. The molecule has 98 valence electrons. The molecule has 1 amide bonds. The zero-order chi connectivity index (χ0) is 12.8. The van der Waals surface area contributed by atoms with Gasteiger partial charge in [0.2, 0.25) is 0 Å². The van der Waals surface area contributed by atoms with Crippen LogP contribution in [0.15, 0.2) is 0 Å². The summed E-state index contributed by atoms with van der Waals surface area (Å²) in [6.45, 7) is 5.23. The number of amides is 1. The molecule has 1 aliphatic rings. The van der Waals surface area contributed by atoms with Gasteiger partial charge in [-0.1, -0.05) is 11.6 Å². The van der Waals surface area contributed by atoms with E-state index in [1.807, 2.05) is 13.8 Å². The third-order valence-electron chi connectivity index (χ3n) is 2.14. The Morgan fingerprint density at radius 1 is 1.35 bits per heavy atom. The van der Waals surface area contributed by atoms with Crippen LogP contribution in [0.25, 0.3) is 0 Å². The van der Waals surface area contributed by atoms with Crippen molar-refractivity contribution in [3.8, 4) is 0 Å². The molecule has 17 heavy (non-hydrogen) atoms. The topological polar surface area (TPSA) is 55.8 Å². The number of hydrogen-bond donors (Lipinski definition) is 0. The summed E-state index contributed by atoms with van der Waals surface area (Å²) in [5, 5.41) is 0. The Hall–Kier alpha value is -0.300. The molecule has 1 saturated heterocycles. The van der Waals surface area contributed by atoms with Gasteiger partial charge < -0.3 is 9.47 Å². The number of carbonyl (C=O) groups excluding carboxylic acids is 2. The molecule has 5 nitrogen and oxygen atoms in total. The van der Waals surface area contributed by atoms with Gasteiger partial charge in [-0.15, -0.1) is 0 Å². The van der Waals surface area contributed by atoms with E-state index in [0.717, 1.165) is 11.9 Å². The lowest BCUT2D eigenvalue weighted by Crippen LogP contribution is -2.29. The summed E-state index contributed by atoms with van der Waals surface area (Å²) >= 11 is 6.73. The van der Waals surface area contributed by atoms with Gasteiger partial charge in [-0.25, -0.2) is 0 Å². The molecular weight excluding hydrogens is 266 g/mol. The first-order chi connectivity index (χ1) is 8.10. The summed E-state index contributed by atoms with van der Waals surface area (Å²) in [7, 11) is 0. The first-order valence-electron chi connectivity index (χ1n) is 5.49. The van der Waals surface area contributed by atoms with E-state index >= 15 is 0 Å². The van der Waals surface area contributed by atoms with Gasteiger partial charge in [-0.2, -0.15) is 0 Å². The molecule has 1 heterocycles. The molecule has 0 aromatic heterocycles. The van der Waals surface area contributed by atoms with Crippen molar-refractivity contribution in [3.63, 3.8) is 0 Å². The SMILES string of the molecule is CCOC(CCN1SC(Cl)C(=O)C1=O)OCC. The van der Waals surface area contributed by atoms with Gasteiger partial charge in [0, 0.05) is 26.2 Å². The molecule has 0 aromatic rings.